The Morgan fingerprint density at radius 3 is 1.15 bits per heavy atom. The second kappa shape index (κ2) is 11.9. The van der Waals surface area contributed by atoms with Crippen LogP contribution in [0.2, 0.25) is 0 Å². The Hall–Kier alpha value is -2.30. The Morgan fingerprint density at radius 1 is 0.618 bits per heavy atom. The van der Waals surface area contributed by atoms with Crippen LogP contribution in [0, 0.1) is 20.2 Å². The van der Waals surface area contributed by atoms with Crippen LogP contribution in [-0.4, -0.2) is 32.8 Å². The summed E-state index contributed by atoms with van der Waals surface area (Å²) in [5.41, 5.74) is 2.17. The van der Waals surface area contributed by atoms with Crippen LogP contribution in [0.4, 0.5) is 0 Å². The van der Waals surface area contributed by atoms with Gasteiger partial charge in [0.05, 0.1) is 0 Å². The van der Waals surface area contributed by atoms with Crippen LogP contribution in [0.3, 0.4) is 0 Å². The number of rotatable bonds is 11. The van der Waals surface area contributed by atoms with Gasteiger partial charge in [0.25, 0.3) is 10.2 Å². The van der Waals surface area contributed by atoms with E-state index >= 15 is 0 Å². The van der Waals surface area contributed by atoms with E-state index in [1.54, 1.807) is 24.3 Å². The van der Waals surface area contributed by atoms with Crippen LogP contribution in [0.1, 0.15) is 55.4 Å². The van der Waals surface area contributed by atoms with Crippen molar-refractivity contribution in [1.29, 1.82) is 0 Å². The third-order valence-corrected chi connectivity index (χ3v) is 11.7. The molecule has 0 aliphatic heterocycles. The predicted octanol–water partition coefficient (Wildman–Crippen LogP) is 6.34. The van der Waals surface area contributed by atoms with E-state index in [1.807, 2.05) is 12.1 Å². The van der Waals surface area contributed by atoms with E-state index in [-0.39, 0.29) is 34.1 Å². The lowest BCUT2D eigenvalue weighted by Gasteiger charge is -2.33. The molecular weight excluding hydrogens is 474 g/mol. The highest BCUT2D eigenvalue weighted by molar-refractivity contribution is 7.68. The van der Waals surface area contributed by atoms with Crippen molar-refractivity contribution in [2.45, 2.75) is 78.0 Å². The first-order valence-electron chi connectivity index (χ1n) is 11.3. The van der Waals surface area contributed by atoms with Gasteiger partial charge in [0, 0.05) is 11.1 Å². The second-order valence-corrected chi connectivity index (χ2v) is 15.8. The Balaban J connectivity index is 3.08. The minimum Gasteiger partial charge on any atom is -0.276 e. The van der Waals surface area contributed by atoms with Gasteiger partial charge in [-0.3, -0.25) is 9.68 Å². The van der Waals surface area contributed by atoms with Gasteiger partial charge in [0.1, 0.15) is 11.5 Å². The zero-order valence-corrected chi connectivity index (χ0v) is 22.8. The molecule has 10 heteroatoms. The zero-order valence-electron chi connectivity index (χ0n) is 21.0. The molecule has 0 unspecified atom stereocenters. The van der Waals surface area contributed by atoms with E-state index in [9.17, 15) is 20.2 Å². The summed E-state index contributed by atoms with van der Waals surface area (Å²) in [5.74, 6) is 0.138. The summed E-state index contributed by atoms with van der Waals surface area (Å²) < 4.78 is 0. The molecule has 0 amide bonds. The molecular formula is C24H34N2O6P2. The van der Waals surface area contributed by atoms with E-state index < -0.39 is 26.0 Å². The molecule has 0 fully saturated rings. The van der Waals surface area contributed by atoms with Crippen molar-refractivity contribution in [3.63, 3.8) is 0 Å². The normalized spacial score (nSPS) is 11.8. The minimum absolute atomic E-state index is 0.0689. The summed E-state index contributed by atoms with van der Waals surface area (Å²) >= 11 is 0. The van der Waals surface area contributed by atoms with Crippen LogP contribution in [-0.2, 0) is 0 Å². The van der Waals surface area contributed by atoms with Crippen molar-refractivity contribution in [2.24, 2.45) is 0 Å². The van der Waals surface area contributed by atoms with E-state index in [0.29, 0.717) is 11.1 Å². The molecule has 34 heavy (non-hydrogen) atoms. The molecule has 0 atom stereocenters. The monoisotopic (exact) mass is 508 g/mol. The molecule has 8 nitrogen and oxygen atoms in total. The fourth-order valence-corrected chi connectivity index (χ4v) is 10.7. The molecule has 0 aliphatic carbocycles. The summed E-state index contributed by atoms with van der Waals surface area (Å²) in [4.78, 5) is 33.1. The van der Waals surface area contributed by atoms with Gasteiger partial charge in [-0.05, 0) is 45.4 Å². The molecule has 2 aromatic carbocycles. The minimum atomic E-state index is -0.833. The molecule has 2 rings (SSSR count). The third kappa shape index (κ3) is 6.43. The van der Waals surface area contributed by atoms with Crippen LogP contribution in [0.5, 0.6) is 11.5 Å². The van der Waals surface area contributed by atoms with Crippen molar-refractivity contribution in [3.8, 4) is 22.6 Å². The summed E-state index contributed by atoms with van der Waals surface area (Å²) in [5, 5.41) is 23.1. The first-order chi connectivity index (χ1) is 15.9. The average molecular weight is 508 g/mol. The number of benzene rings is 2. The fraction of sp³-hybridized carbons (Fsp3) is 0.500. The maximum absolute atomic E-state index is 11.5. The maximum Gasteiger partial charge on any atom is 0.299 e. The predicted molar refractivity (Wildman–Crippen MR) is 141 cm³/mol. The lowest BCUT2D eigenvalue weighted by Crippen LogP contribution is -2.24. The summed E-state index contributed by atoms with van der Waals surface area (Å²) in [7, 11) is -1.55. The van der Waals surface area contributed by atoms with E-state index in [4.69, 9.17) is 9.68 Å². The molecule has 186 valence electrons. The largest absolute Gasteiger partial charge is 0.299 e. The first kappa shape index (κ1) is 27.9. The molecule has 0 N–H and O–H groups in total. The van der Waals surface area contributed by atoms with Gasteiger partial charge < -0.3 is 0 Å². The number of hydrogen-bond donors (Lipinski definition) is 0. The molecule has 2 aromatic rings. The molecule has 0 saturated carbocycles. The van der Waals surface area contributed by atoms with E-state index in [0.717, 1.165) is 10.6 Å². The highest BCUT2D eigenvalue weighted by Gasteiger charge is 2.31. The van der Waals surface area contributed by atoms with Gasteiger partial charge in [-0.15, -0.1) is 20.2 Å². The van der Waals surface area contributed by atoms with Gasteiger partial charge in [0.2, 0.25) is 0 Å². The van der Waals surface area contributed by atoms with Crippen molar-refractivity contribution < 1.29 is 19.8 Å². The first-order valence-corrected chi connectivity index (χ1v) is 14.3. The Morgan fingerprint density at radius 2 is 0.912 bits per heavy atom. The zero-order chi connectivity index (χ0) is 25.7. The van der Waals surface area contributed by atoms with Crippen LogP contribution in [0.25, 0.3) is 11.1 Å². The topological polar surface area (TPSA) is 105 Å². The second-order valence-electron chi connectivity index (χ2n) is 9.12. The van der Waals surface area contributed by atoms with E-state index in [1.165, 1.54) is 0 Å². The number of hydrogen-bond acceptors (Lipinski definition) is 6. The maximum atomic E-state index is 11.5. The Bertz CT molecular complexity index is 929. The van der Waals surface area contributed by atoms with Crippen molar-refractivity contribution in [3.05, 3.63) is 56.6 Å². The smallest absolute Gasteiger partial charge is 0.276 e. The summed E-state index contributed by atoms with van der Waals surface area (Å²) in [6.07, 6.45) is 0. The fourth-order valence-electron chi connectivity index (χ4n) is 4.59. The average Bonchev–Trinajstić information content (AvgIpc) is 2.67. The third-order valence-electron chi connectivity index (χ3n) is 5.39. The summed E-state index contributed by atoms with van der Waals surface area (Å²) in [6.45, 7) is 17.0. The highest BCUT2D eigenvalue weighted by atomic mass is 31.1. The standard InChI is InChI=1S/C24H34N2O6P2/c1-15(2)33(16(3)4)21-13-9-11-19(31-25(27)28)23(21)24-20(32-26(29)30)12-10-14-22(24)34(17(5)6)18(7)8/h9-18H,1-8H3. The van der Waals surface area contributed by atoms with Crippen LogP contribution in [0.15, 0.2) is 36.4 Å². The van der Waals surface area contributed by atoms with Gasteiger partial charge in [-0.1, -0.05) is 95.5 Å². The van der Waals surface area contributed by atoms with Crippen LogP contribution >= 0.6 is 15.8 Å². The highest BCUT2D eigenvalue weighted by Crippen LogP contribution is 2.53. The lowest BCUT2D eigenvalue weighted by atomic mass is 10.0. The van der Waals surface area contributed by atoms with Gasteiger partial charge in [-0.25, -0.2) is 0 Å². The van der Waals surface area contributed by atoms with Gasteiger partial charge in [0.15, 0.2) is 0 Å². The molecule has 0 saturated heterocycles. The van der Waals surface area contributed by atoms with Gasteiger partial charge in [-0.2, -0.15) is 0 Å². The van der Waals surface area contributed by atoms with E-state index in [2.05, 4.69) is 55.4 Å². The Kier molecular flexibility index (Phi) is 9.78. The van der Waals surface area contributed by atoms with Crippen molar-refractivity contribution in [2.75, 3.05) is 0 Å². The van der Waals surface area contributed by atoms with Crippen molar-refractivity contribution >= 4 is 26.5 Å². The molecule has 0 aromatic heterocycles. The molecule has 0 bridgehead atoms. The SMILES string of the molecule is CC(C)P(c1cccc(O[N+](=O)[O-])c1-c1c(O[N+](=O)[O-])cccc1P(C(C)C)C(C)C)C(C)C. The number of nitrogens with zero attached hydrogens (tertiary/aromatic N) is 2. The molecule has 0 radical (unpaired) electrons. The van der Waals surface area contributed by atoms with Crippen molar-refractivity contribution in [1.82, 2.24) is 0 Å². The Labute approximate surface area is 203 Å². The quantitative estimate of drug-likeness (QED) is 0.199. The molecule has 0 aliphatic rings. The van der Waals surface area contributed by atoms with Crippen LogP contribution < -0.4 is 20.3 Å². The molecule has 0 spiro atoms. The lowest BCUT2D eigenvalue weighted by molar-refractivity contribution is -0.711. The molecule has 0 heterocycles. The summed E-state index contributed by atoms with van der Waals surface area (Å²) in [6, 6.07) is 10.5. The van der Waals surface area contributed by atoms with Gasteiger partial charge >= 0.3 is 0 Å².